The van der Waals surface area contributed by atoms with Crippen LogP contribution in [0.2, 0.25) is 0 Å². The van der Waals surface area contributed by atoms with Crippen molar-refractivity contribution in [1.29, 1.82) is 5.26 Å². The highest BCUT2D eigenvalue weighted by molar-refractivity contribution is 5.92. The van der Waals surface area contributed by atoms with Gasteiger partial charge in [0, 0.05) is 5.69 Å². The number of amides is 1. The first-order valence-electron chi connectivity index (χ1n) is 6.31. The summed E-state index contributed by atoms with van der Waals surface area (Å²) < 4.78 is 0. The van der Waals surface area contributed by atoms with Gasteiger partial charge in [0.25, 0.3) is 0 Å². The minimum absolute atomic E-state index is 0.0940. The smallest absolute Gasteiger partial charge is 0.228 e. The molecule has 4 nitrogen and oxygen atoms in total. The summed E-state index contributed by atoms with van der Waals surface area (Å²) in [5, 5.41) is 11.6. The summed E-state index contributed by atoms with van der Waals surface area (Å²) in [6.45, 7) is 3.78. The van der Waals surface area contributed by atoms with Crippen LogP contribution in [0.4, 0.5) is 5.69 Å². The van der Waals surface area contributed by atoms with Gasteiger partial charge < -0.3 is 5.32 Å². The van der Waals surface area contributed by atoms with E-state index in [4.69, 9.17) is 5.26 Å². The Balaban J connectivity index is 2.03. The Hall–Kier alpha value is -2.67. The third-order valence-electron chi connectivity index (χ3n) is 2.95. The molecule has 1 heterocycles. The fourth-order valence-corrected chi connectivity index (χ4v) is 1.90. The van der Waals surface area contributed by atoms with Crippen LogP contribution >= 0.6 is 0 Å². The lowest BCUT2D eigenvalue weighted by atomic mass is 10.1. The van der Waals surface area contributed by atoms with Crippen molar-refractivity contribution in [3.05, 3.63) is 58.9 Å². The van der Waals surface area contributed by atoms with Crippen molar-refractivity contribution in [3.8, 4) is 6.07 Å². The quantitative estimate of drug-likeness (QED) is 0.928. The first-order valence-corrected chi connectivity index (χ1v) is 6.31. The van der Waals surface area contributed by atoms with E-state index in [0.29, 0.717) is 5.56 Å². The summed E-state index contributed by atoms with van der Waals surface area (Å²) in [7, 11) is 0. The Morgan fingerprint density at radius 3 is 2.50 bits per heavy atom. The molecule has 20 heavy (non-hydrogen) atoms. The summed E-state index contributed by atoms with van der Waals surface area (Å²) in [5.41, 5.74) is 3.92. The molecule has 0 fully saturated rings. The minimum atomic E-state index is -0.0940. The SMILES string of the molecule is Cc1ccc(NC(=O)Cc2ccc(C#N)cc2)c(C)n1. The summed E-state index contributed by atoms with van der Waals surface area (Å²) >= 11 is 0. The van der Waals surface area contributed by atoms with Crippen molar-refractivity contribution in [2.45, 2.75) is 20.3 Å². The minimum Gasteiger partial charge on any atom is -0.324 e. The Morgan fingerprint density at radius 1 is 1.20 bits per heavy atom. The lowest BCUT2D eigenvalue weighted by Gasteiger charge is -2.08. The Kier molecular flexibility index (Phi) is 4.11. The number of benzene rings is 1. The van der Waals surface area contributed by atoms with Crippen LogP contribution in [0.1, 0.15) is 22.5 Å². The molecule has 2 aromatic rings. The average molecular weight is 265 g/mol. The Morgan fingerprint density at radius 2 is 1.90 bits per heavy atom. The predicted octanol–water partition coefficient (Wildman–Crippen LogP) is 2.75. The number of nitrogens with one attached hydrogen (secondary N) is 1. The van der Waals surface area contributed by atoms with E-state index >= 15 is 0 Å². The van der Waals surface area contributed by atoms with Gasteiger partial charge in [-0.1, -0.05) is 12.1 Å². The summed E-state index contributed by atoms with van der Waals surface area (Å²) in [4.78, 5) is 16.3. The van der Waals surface area contributed by atoms with E-state index in [-0.39, 0.29) is 12.3 Å². The van der Waals surface area contributed by atoms with Crippen LogP contribution in [0.15, 0.2) is 36.4 Å². The van der Waals surface area contributed by atoms with Gasteiger partial charge in [-0.05, 0) is 43.7 Å². The van der Waals surface area contributed by atoms with Crippen LogP contribution in [0, 0.1) is 25.2 Å². The molecule has 0 aliphatic carbocycles. The van der Waals surface area contributed by atoms with Crippen molar-refractivity contribution < 1.29 is 4.79 Å². The van der Waals surface area contributed by atoms with Crippen LogP contribution < -0.4 is 5.32 Å². The molecule has 0 bridgehead atoms. The number of pyridine rings is 1. The third kappa shape index (κ3) is 3.42. The molecule has 1 amide bonds. The number of aryl methyl sites for hydroxylation is 2. The molecule has 4 heteroatoms. The van der Waals surface area contributed by atoms with E-state index in [2.05, 4.69) is 16.4 Å². The van der Waals surface area contributed by atoms with Crippen molar-refractivity contribution in [2.75, 3.05) is 5.32 Å². The fourth-order valence-electron chi connectivity index (χ4n) is 1.90. The Bertz CT molecular complexity index is 669. The lowest BCUT2D eigenvalue weighted by molar-refractivity contribution is -0.115. The van der Waals surface area contributed by atoms with E-state index < -0.39 is 0 Å². The molecule has 0 aliphatic rings. The molecule has 1 N–H and O–H groups in total. The van der Waals surface area contributed by atoms with Crippen LogP contribution in [-0.2, 0) is 11.2 Å². The zero-order valence-electron chi connectivity index (χ0n) is 11.5. The number of rotatable bonds is 3. The van der Waals surface area contributed by atoms with Crippen LogP contribution in [0.3, 0.4) is 0 Å². The van der Waals surface area contributed by atoms with Gasteiger partial charge in [-0.15, -0.1) is 0 Å². The second kappa shape index (κ2) is 5.98. The van der Waals surface area contributed by atoms with Crippen LogP contribution in [0.25, 0.3) is 0 Å². The maximum Gasteiger partial charge on any atom is 0.228 e. The lowest BCUT2D eigenvalue weighted by Crippen LogP contribution is -2.15. The molecule has 1 aromatic carbocycles. The highest BCUT2D eigenvalue weighted by Gasteiger charge is 2.07. The largest absolute Gasteiger partial charge is 0.324 e. The first-order chi connectivity index (χ1) is 9.58. The van der Waals surface area contributed by atoms with Gasteiger partial charge in [-0.2, -0.15) is 5.26 Å². The van der Waals surface area contributed by atoms with E-state index in [0.717, 1.165) is 22.6 Å². The molecule has 0 radical (unpaired) electrons. The van der Waals surface area contributed by atoms with E-state index in [1.54, 1.807) is 24.3 Å². The monoisotopic (exact) mass is 265 g/mol. The number of carbonyl (C=O) groups is 1. The summed E-state index contributed by atoms with van der Waals surface area (Å²) in [6, 6.07) is 12.8. The molecule has 0 saturated heterocycles. The molecular weight excluding hydrogens is 250 g/mol. The normalized spacial score (nSPS) is 9.85. The number of aromatic nitrogens is 1. The highest BCUT2D eigenvalue weighted by Crippen LogP contribution is 2.13. The van der Waals surface area contributed by atoms with Gasteiger partial charge in [-0.3, -0.25) is 9.78 Å². The standard InChI is InChI=1S/C16H15N3O/c1-11-3-8-15(12(2)18-11)19-16(20)9-13-4-6-14(10-17)7-5-13/h3-8H,9H2,1-2H3,(H,19,20). The number of nitrogens with zero attached hydrogens (tertiary/aromatic N) is 2. The van der Waals surface area contributed by atoms with Gasteiger partial charge in [0.15, 0.2) is 0 Å². The molecule has 0 aliphatic heterocycles. The average Bonchev–Trinajstić information content (AvgIpc) is 2.43. The first kappa shape index (κ1) is 13.8. The summed E-state index contributed by atoms with van der Waals surface area (Å²) in [5.74, 6) is -0.0940. The van der Waals surface area contributed by atoms with E-state index in [1.807, 2.05) is 26.0 Å². The van der Waals surface area contributed by atoms with Gasteiger partial charge in [0.1, 0.15) is 0 Å². The molecule has 2 rings (SSSR count). The van der Waals surface area contributed by atoms with Gasteiger partial charge in [0.2, 0.25) is 5.91 Å². The van der Waals surface area contributed by atoms with Crippen LogP contribution in [0.5, 0.6) is 0 Å². The molecule has 0 saturated carbocycles. The number of nitriles is 1. The van der Waals surface area contributed by atoms with Gasteiger partial charge >= 0.3 is 0 Å². The number of anilines is 1. The number of hydrogen-bond acceptors (Lipinski definition) is 3. The Labute approximate surface area is 118 Å². The third-order valence-corrected chi connectivity index (χ3v) is 2.95. The van der Waals surface area contributed by atoms with Crippen LogP contribution in [-0.4, -0.2) is 10.9 Å². The fraction of sp³-hybridized carbons (Fsp3) is 0.188. The topological polar surface area (TPSA) is 65.8 Å². The summed E-state index contributed by atoms with van der Waals surface area (Å²) in [6.07, 6.45) is 0.277. The van der Waals surface area contributed by atoms with E-state index in [1.165, 1.54) is 0 Å². The zero-order chi connectivity index (χ0) is 14.5. The predicted molar refractivity (Wildman–Crippen MR) is 77.2 cm³/mol. The molecule has 100 valence electrons. The van der Waals surface area contributed by atoms with Crippen molar-refractivity contribution >= 4 is 11.6 Å². The van der Waals surface area contributed by atoms with Crippen molar-refractivity contribution in [1.82, 2.24) is 4.98 Å². The molecular formula is C16H15N3O. The molecule has 0 spiro atoms. The van der Waals surface area contributed by atoms with Gasteiger partial charge in [0.05, 0.1) is 29.4 Å². The second-order valence-electron chi connectivity index (χ2n) is 4.62. The molecule has 0 unspecified atom stereocenters. The van der Waals surface area contributed by atoms with Crippen molar-refractivity contribution in [2.24, 2.45) is 0 Å². The van der Waals surface area contributed by atoms with E-state index in [9.17, 15) is 4.79 Å². The van der Waals surface area contributed by atoms with Gasteiger partial charge in [-0.25, -0.2) is 0 Å². The molecule has 1 aromatic heterocycles. The second-order valence-corrected chi connectivity index (χ2v) is 4.62. The highest BCUT2D eigenvalue weighted by atomic mass is 16.1. The zero-order valence-corrected chi connectivity index (χ0v) is 11.5. The van der Waals surface area contributed by atoms with Crippen molar-refractivity contribution in [3.63, 3.8) is 0 Å². The maximum absolute atomic E-state index is 12.0. The number of carbonyl (C=O) groups excluding carboxylic acids is 1. The number of hydrogen-bond donors (Lipinski definition) is 1. The molecule has 0 atom stereocenters. The maximum atomic E-state index is 12.0.